The van der Waals surface area contributed by atoms with E-state index in [1.54, 1.807) is 7.11 Å². The first-order valence-corrected chi connectivity index (χ1v) is 6.17. The van der Waals surface area contributed by atoms with E-state index in [0.717, 1.165) is 22.7 Å². The fourth-order valence-corrected chi connectivity index (χ4v) is 1.80. The molecule has 0 saturated heterocycles. The van der Waals surface area contributed by atoms with Gasteiger partial charge in [-0.1, -0.05) is 17.8 Å². The standard InChI is InChI=1S/C16H18NO2.Y/c1-13-5-4-6-16(17(13)2)14-7-9-15(10-8-14)19-12-11-18-3;/h4-5,7-10H,1,11-12H2,2-3H3;/q-1;. The monoisotopic (exact) mass is 345 g/mol. The van der Waals surface area contributed by atoms with Crippen LogP contribution < -0.4 is 4.74 Å². The van der Waals surface area contributed by atoms with Crippen molar-refractivity contribution < 1.29 is 42.2 Å². The van der Waals surface area contributed by atoms with Gasteiger partial charge in [-0.2, -0.15) is 12.2 Å². The third-order valence-electron chi connectivity index (χ3n) is 2.95. The Hall–Kier alpha value is -0.896. The molecule has 0 fully saturated rings. The Kier molecular flexibility index (Phi) is 7.21. The molecule has 1 aromatic rings. The summed E-state index contributed by atoms with van der Waals surface area (Å²) in [5, 5.41) is 0. The number of rotatable bonds is 5. The van der Waals surface area contributed by atoms with Crippen LogP contribution in [0.5, 0.6) is 5.75 Å². The van der Waals surface area contributed by atoms with E-state index in [1.165, 1.54) is 0 Å². The molecule has 4 heteroatoms. The van der Waals surface area contributed by atoms with Crippen molar-refractivity contribution in [2.45, 2.75) is 0 Å². The molecule has 0 atom stereocenters. The van der Waals surface area contributed by atoms with Gasteiger partial charge in [0.15, 0.2) is 0 Å². The molecule has 1 aliphatic heterocycles. The van der Waals surface area contributed by atoms with Gasteiger partial charge in [-0.05, 0) is 17.8 Å². The molecule has 3 nitrogen and oxygen atoms in total. The summed E-state index contributed by atoms with van der Waals surface area (Å²) in [4.78, 5) is 2.01. The van der Waals surface area contributed by atoms with Crippen molar-refractivity contribution in [3.63, 3.8) is 0 Å². The molecular formula is C16H18NO2Y-. The van der Waals surface area contributed by atoms with E-state index in [1.807, 2.05) is 48.4 Å². The summed E-state index contributed by atoms with van der Waals surface area (Å²) in [5.74, 6) is 0.842. The van der Waals surface area contributed by atoms with Crippen molar-refractivity contribution in [3.8, 4) is 5.75 Å². The minimum Gasteiger partial charge on any atom is -0.491 e. The molecule has 1 radical (unpaired) electrons. The Labute approximate surface area is 145 Å². The molecule has 0 amide bonds. The third-order valence-corrected chi connectivity index (χ3v) is 2.95. The van der Waals surface area contributed by atoms with Crippen molar-refractivity contribution >= 4 is 5.70 Å². The van der Waals surface area contributed by atoms with Crippen molar-refractivity contribution in [2.24, 2.45) is 0 Å². The van der Waals surface area contributed by atoms with Gasteiger partial charge in [0.05, 0.1) is 6.61 Å². The summed E-state index contributed by atoms with van der Waals surface area (Å²) < 4.78 is 10.5. The van der Waals surface area contributed by atoms with Gasteiger partial charge in [0, 0.05) is 46.9 Å². The number of hydrogen-bond acceptors (Lipinski definition) is 3. The van der Waals surface area contributed by atoms with E-state index >= 15 is 0 Å². The molecule has 0 N–H and O–H groups in total. The van der Waals surface area contributed by atoms with E-state index < -0.39 is 0 Å². The average Bonchev–Trinajstić information content (AvgIpc) is 2.43. The van der Waals surface area contributed by atoms with Crippen LogP contribution in [-0.4, -0.2) is 32.3 Å². The summed E-state index contributed by atoms with van der Waals surface area (Å²) in [6.07, 6.45) is 7.05. The van der Waals surface area contributed by atoms with Gasteiger partial charge >= 0.3 is 0 Å². The molecule has 2 rings (SSSR count). The van der Waals surface area contributed by atoms with E-state index in [4.69, 9.17) is 9.47 Å². The number of nitrogens with zero attached hydrogens (tertiary/aromatic N) is 1. The molecule has 0 spiro atoms. The Morgan fingerprint density at radius 3 is 2.55 bits per heavy atom. The van der Waals surface area contributed by atoms with Gasteiger partial charge in [-0.15, -0.1) is 18.2 Å². The fraction of sp³-hybridized carbons (Fsp3) is 0.250. The van der Waals surface area contributed by atoms with Crippen LogP contribution >= 0.6 is 0 Å². The third kappa shape index (κ3) is 4.30. The zero-order valence-electron chi connectivity index (χ0n) is 11.9. The summed E-state index contributed by atoms with van der Waals surface area (Å²) in [5.41, 5.74) is 3.05. The Balaban J connectivity index is 0.00000200. The molecule has 0 bridgehead atoms. The van der Waals surface area contributed by atoms with Crippen LogP contribution in [0.3, 0.4) is 0 Å². The zero-order chi connectivity index (χ0) is 13.7. The second-order valence-corrected chi connectivity index (χ2v) is 4.24. The smallest absolute Gasteiger partial charge is 0.117 e. The first-order valence-electron chi connectivity index (χ1n) is 6.17. The predicted molar refractivity (Wildman–Crippen MR) is 76.5 cm³/mol. The van der Waals surface area contributed by atoms with Gasteiger partial charge in [-0.3, -0.25) is 0 Å². The number of likely N-dealkylation sites (N-methyl/N-ethyl adjacent to an activating group) is 1. The number of benzene rings is 1. The van der Waals surface area contributed by atoms with E-state index in [0.29, 0.717) is 13.2 Å². The molecule has 0 aliphatic carbocycles. The quantitative estimate of drug-likeness (QED) is 0.605. The fourth-order valence-electron chi connectivity index (χ4n) is 1.80. The molecule has 0 unspecified atom stereocenters. The Morgan fingerprint density at radius 1 is 1.20 bits per heavy atom. The maximum absolute atomic E-state index is 5.54. The van der Waals surface area contributed by atoms with Gasteiger partial charge in [0.1, 0.15) is 12.4 Å². The second-order valence-electron chi connectivity index (χ2n) is 4.24. The summed E-state index contributed by atoms with van der Waals surface area (Å²) >= 11 is 0. The minimum absolute atomic E-state index is 0. The molecule has 0 aromatic heterocycles. The molecule has 0 saturated carbocycles. The van der Waals surface area contributed by atoms with Gasteiger partial charge in [0.25, 0.3) is 0 Å². The minimum atomic E-state index is 0. The SMILES string of the molecule is C=C1C=C[C-]=C(c2ccc(OCCOC)cc2)N1C.[Y]. The maximum Gasteiger partial charge on any atom is 0.117 e. The van der Waals surface area contributed by atoms with E-state index in [-0.39, 0.29) is 32.7 Å². The van der Waals surface area contributed by atoms with Crippen LogP contribution in [0.4, 0.5) is 0 Å². The van der Waals surface area contributed by atoms with Crippen molar-refractivity contribution in [1.82, 2.24) is 4.90 Å². The zero-order valence-corrected chi connectivity index (χ0v) is 14.8. The molecule has 1 aliphatic rings. The summed E-state index contributed by atoms with van der Waals surface area (Å²) in [6, 6.07) is 7.95. The molecule has 103 valence electrons. The molecule has 20 heavy (non-hydrogen) atoms. The first-order chi connectivity index (χ1) is 9.22. The number of ether oxygens (including phenoxy) is 2. The normalized spacial score (nSPS) is 13.8. The molecular weight excluding hydrogens is 327 g/mol. The van der Waals surface area contributed by atoms with Crippen LogP contribution in [0.25, 0.3) is 5.70 Å². The Morgan fingerprint density at radius 2 is 1.90 bits per heavy atom. The van der Waals surface area contributed by atoms with Gasteiger partial charge in [-0.25, -0.2) is 0 Å². The van der Waals surface area contributed by atoms with E-state index in [2.05, 4.69) is 12.7 Å². The number of methoxy groups -OCH3 is 1. The van der Waals surface area contributed by atoms with Crippen molar-refractivity contribution in [1.29, 1.82) is 0 Å². The van der Waals surface area contributed by atoms with E-state index in [9.17, 15) is 0 Å². The second kappa shape index (κ2) is 8.40. The maximum atomic E-state index is 5.54. The number of hydrogen-bond donors (Lipinski definition) is 0. The van der Waals surface area contributed by atoms with Crippen LogP contribution in [0.2, 0.25) is 0 Å². The van der Waals surface area contributed by atoms with Gasteiger partial charge in [0.2, 0.25) is 0 Å². The van der Waals surface area contributed by atoms with Crippen molar-refractivity contribution in [2.75, 3.05) is 27.4 Å². The van der Waals surface area contributed by atoms with Crippen LogP contribution in [0.15, 0.2) is 48.7 Å². The van der Waals surface area contributed by atoms with Crippen LogP contribution in [0.1, 0.15) is 5.56 Å². The van der Waals surface area contributed by atoms with Gasteiger partial charge < -0.3 is 14.4 Å². The Bertz CT molecular complexity index is 506. The average molecular weight is 345 g/mol. The van der Waals surface area contributed by atoms with Crippen LogP contribution in [0, 0.1) is 6.08 Å². The summed E-state index contributed by atoms with van der Waals surface area (Å²) in [7, 11) is 3.64. The molecule has 1 aromatic carbocycles. The number of allylic oxidation sites excluding steroid dienone is 3. The molecule has 1 heterocycles. The predicted octanol–water partition coefficient (Wildman–Crippen LogP) is 2.87. The summed E-state index contributed by atoms with van der Waals surface area (Å²) in [6.45, 7) is 5.13. The topological polar surface area (TPSA) is 21.7 Å². The first kappa shape index (κ1) is 17.2. The van der Waals surface area contributed by atoms with Crippen molar-refractivity contribution in [3.05, 3.63) is 60.3 Å². The largest absolute Gasteiger partial charge is 0.491 e. The van der Waals surface area contributed by atoms with Crippen LogP contribution in [-0.2, 0) is 37.4 Å².